The Balaban J connectivity index is 1.20. The van der Waals surface area contributed by atoms with Gasteiger partial charge in [0, 0.05) is 31.8 Å². The van der Waals surface area contributed by atoms with Crippen LogP contribution in [0.4, 0.5) is 0 Å². The number of ether oxygens (including phenoxy) is 5. The minimum atomic E-state index is -0.0686. The van der Waals surface area contributed by atoms with Crippen molar-refractivity contribution < 1.29 is 23.7 Å². The molecule has 0 unspecified atom stereocenters. The van der Waals surface area contributed by atoms with Crippen LogP contribution < -0.4 is 0 Å². The maximum Gasteiger partial charge on any atom is 0.0829 e. The Hall–Kier alpha value is -0.240. The van der Waals surface area contributed by atoms with Crippen molar-refractivity contribution in [2.24, 2.45) is 5.41 Å². The van der Waals surface area contributed by atoms with Crippen LogP contribution in [0.2, 0.25) is 0 Å². The molecule has 2 aliphatic heterocycles. The number of hydrogen-bond donors (Lipinski definition) is 0. The lowest BCUT2D eigenvalue weighted by atomic mass is 9.86. The van der Waals surface area contributed by atoms with Gasteiger partial charge < -0.3 is 23.7 Å². The van der Waals surface area contributed by atoms with Crippen LogP contribution in [-0.4, -0.2) is 87.1 Å². The second-order valence-corrected chi connectivity index (χ2v) is 11.2. The Morgan fingerprint density at radius 1 is 0.862 bits per heavy atom. The molecule has 1 saturated carbocycles. The Morgan fingerprint density at radius 3 is 2.10 bits per heavy atom. The summed E-state index contributed by atoms with van der Waals surface area (Å²) in [5, 5.41) is 0. The lowest BCUT2D eigenvalue weighted by molar-refractivity contribution is -0.208. The van der Waals surface area contributed by atoms with E-state index >= 15 is 0 Å². The van der Waals surface area contributed by atoms with Crippen molar-refractivity contribution >= 4 is 0 Å². The summed E-state index contributed by atoms with van der Waals surface area (Å²) in [6.07, 6.45) is 4.00. The maximum absolute atomic E-state index is 6.13. The van der Waals surface area contributed by atoms with E-state index in [1.807, 2.05) is 0 Å². The molecule has 2 saturated heterocycles. The molecule has 2 heterocycles. The average Bonchev–Trinajstić information content (AvgIpc) is 2.47. The summed E-state index contributed by atoms with van der Waals surface area (Å²) in [6, 6.07) is 0. The van der Waals surface area contributed by atoms with E-state index in [1.165, 1.54) is 0 Å². The van der Waals surface area contributed by atoms with Gasteiger partial charge in [0.15, 0.2) is 0 Å². The Morgan fingerprint density at radius 2 is 1.55 bits per heavy atom. The van der Waals surface area contributed by atoms with Gasteiger partial charge in [0.2, 0.25) is 0 Å². The van der Waals surface area contributed by atoms with Crippen molar-refractivity contribution in [1.29, 1.82) is 0 Å². The van der Waals surface area contributed by atoms with Crippen LogP contribution in [0.3, 0.4) is 0 Å². The topological polar surface area (TPSA) is 49.4 Å². The van der Waals surface area contributed by atoms with Crippen molar-refractivity contribution in [3.8, 4) is 0 Å². The van der Waals surface area contributed by atoms with Gasteiger partial charge in [0.05, 0.1) is 55.8 Å². The molecule has 3 aliphatic rings. The third kappa shape index (κ3) is 7.15. The van der Waals surface area contributed by atoms with E-state index < -0.39 is 0 Å². The quantitative estimate of drug-likeness (QED) is 0.485. The van der Waals surface area contributed by atoms with E-state index in [2.05, 4.69) is 46.4 Å². The first kappa shape index (κ1) is 23.4. The molecule has 29 heavy (non-hydrogen) atoms. The average molecular weight is 414 g/mol. The third-order valence-electron chi connectivity index (χ3n) is 6.01. The van der Waals surface area contributed by atoms with Crippen LogP contribution in [0.25, 0.3) is 0 Å². The van der Waals surface area contributed by atoms with Crippen molar-refractivity contribution in [3.05, 3.63) is 0 Å². The zero-order chi connectivity index (χ0) is 21.1. The number of rotatable bonds is 11. The lowest BCUT2D eigenvalue weighted by Gasteiger charge is -2.47. The molecule has 170 valence electrons. The van der Waals surface area contributed by atoms with Crippen molar-refractivity contribution in [3.63, 3.8) is 0 Å². The predicted octanol–water partition coefficient (Wildman–Crippen LogP) is 3.27. The number of hydrogen-bond acceptors (Lipinski definition) is 6. The van der Waals surface area contributed by atoms with E-state index in [0.717, 1.165) is 65.4 Å². The summed E-state index contributed by atoms with van der Waals surface area (Å²) < 4.78 is 29.5. The largest absolute Gasteiger partial charge is 0.381 e. The molecule has 0 atom stereocenters. The molecule has 3 rings (SSSR count). The first-order valence-corrected chi connectivity index (χ1v) is 11.4. The summed E-state index contributed by atoms with van der Waals surface area (Å²) >= 11 is 0. The van der Waals surface area contributed by atoms with Gasteiger partial charge in [-0.3, -0.25) is 4.90 Å². The number of nitrogens with zero attached hydrogens (tertiary/aromatic N) is 1. The minimum absolute atomic E-state index is 0.0397. The molecule has 0 aromatic heterocycles. The fraction of sp³-hybridized carbons (Fsp3) is 1.00. The lowest BCUT2D eigenvalue weighted by Crippen LogP contribution is -2.59. The fourth-order valence-corrected chi connectivity index (χ4v) is 3.93. The molecule has 0 aromatic rings. The molecule has 3 fully saturated rings. The second-order valence-electron chi connectivity index (χ2n) is 11.2. The summed E-state index contributed by atoms with van der Waals surface area (Å²) in [7, 11) is 0. The Kier molecular flexibility index (Phi) is 7.67. The summed E-state index contributed by atoms with van der Waals surface area (Å²) in [6.45, 7) is 19.6. The summed E-state index contributed by atoms with van der Waals surface area (Å²) in [5.74, 6) is 0. The van der Waals surface area contributed by atoms with E-state index in [-0.39, 0.29) is 16.6 Å². The van der Waals surface area contributed by atoms with E-state index in [9.17, 15) is 0 Å². The highest BCUT2D eigenvalue weighted by Gasteiger charge is 2.42. The van der Waals surface area contributed by atoms with Gasteiger partial charge in [-0.1, -0.05) is 0 Å². The van der Waals surface area contributed by atoms with Crippen LogP contribution in [0.5, 0.6) is 0 Å². The first-order valence-electron chi connectivity index (χ1n) is 11.4. The van der Waals surface area contributed by atoms with Gasteiger partial charge in [0.25, 0.3) is 0 Å². The first-order chi connectivity index (χ1) is 13.5. The smallest absolute Gasteiger partial charge is 0.0829 e. The third-order valence-corrected chi connectivity index (χ3v) is 6.01. The van der Waals surface area contributed by atoms with Crippen LogP contribution in [0.15, 0.2) is 0 Å². The molecular weight excluding hydrogens is 370 g/mol. The van der Waals surface area contributed by atoms with Gasteiger partial charge in [-0.2, -0.15) is 0 Å². The molecule has 0 aromatic carbocycles. The maximum atomic E-state index is 6.13. The standard InChI is InChI=1S/C23H43NO5/c1-21(2,3)24-12-20(13-24)27-9-7-8-25-14-23(15-26-16-23)17-28-18-10-19(11-18)29-22(4,5)6/h18-20H,7-17H2,1-6H3. The fourth-order valence-electron chi connectivity index (χ4n) is 3.93. The zero-order valence-electron chi connectivity index (χ0n) is 19.5. The van der Waals surface area contributed by atoms with Gasteiger partial charge >= 0.3 is 0 Å². The highest BCUT2D eigenvalue weighted by molar-refractivity contribution is 4.90. The van der Waals surface area contributed by atoms with E-state index in [4.69, 9.17) is 23.7 Å². The van der Waals surface area contributed by atoms with E-state index in [0.29, 0.717) is 24.9 Å². The zero-order valence-corrected chi connectivity index (χ0v) is 19.5. The summed E-state index contributed by atoms with van der Waals surface area (Å²) in [4.78, 5) is 2.45. The number of likely N-dealkylation sites (tertiary alicyclic amines) is 1. The molecule has 6 heteroatoms. The molecule has 1 aliphatic carbocycles. The molecular formula is C23H43NO5. The van der Waals surface area contributed by atoms with Gasteiger partial charge in [-0.15, -0.1) is 0 Å². The highest BCUT2D eigenvalue weighted by atomic mass is 16.5. The van der Waals surface area contributed by atoms with Crippen molar-refractivity contribution in [2.45, 2.75) is 90.3 Å². The van der Waals surface area contributed by atoms with E-state index in [1.54, 1.807) is 0 Å². The van der Waals surface area contributed by atoms with Crippen molar-refractivity contribution in [2.75, 3.05) is 52.7 Å². The molecule has 6 nitrogen and oxygen atoms in total. The van der Waals surface area contributed by atoms with Gasteiger partial charge in [-0.25, -0.2) is 0 Å². The SMILES string of the molecule is CC(C)(C)OC1CC(OCC2(COCCCOC3CN(C(C)(C)C)C3)COC2)C1. The van der Waals surface area contributed by atoms with Crippen molar-refractivity contribution in [1.82, 2.24) is 4.90 Å². The Bertz CT molecular complexity index is 496. The van der Waals surface area contributed by atoms with Gasteiger partial charge in [0.1, 0.15) is 0 Å². The molecule has 0 radical (unpaired) electrons. The highest BCUT2D eigenvalue weighted by Crippen LogP contribution is 2.34. The molecule has 0 N–H and O–H groups in total. The molecule has 0 amide bonds. The van der Waals surface area contributed by atoms with Gasteiger partial charge in [-0.05, 0) is 60.8 Å². The normalized spacial score (nSPS) is 27.9. The van der Waals surface area contributed by atoms with Crippen LogP contribution in [0.1, 0.15) is 60.8 Å². The minimum Gasteiger partial charge on any atom is -0.381 e. The Labute approximate surface area is 177 Å². The second kappa shape index (κ2) is 9.49. The monoisotopic (exact) mass is 413 g/mol. The molecule has 0 spiro atoms. The summed E-state index contributed by atoms with van der Waals surface area (Å²) in [5.41, 5.74) is 0.225. The van der Waals surface area contributed by atoms with Crippen LogP contribution in [-0.2, 0) is 23.7 Å². The van der Waals surface area contributed by atoms with Crippen LogP contribution >= 0.6 is 0 Å². The predicted molar refractivity (Wildman–Crippen MR) is 113 cm³/mol. The van der Waals surface area contributed by atoms with Crippen LogP contribution in [0, 0.1) is 5.41 Å². The molecule has 0 bridgehead atoms.